The van der Waals surface area contributed by atoms with E-state index < -0.39 is 0 Å². The Bertz CT molecular complexity index is 152. The predicted molar refractivity (Wildman–Crippen MR) is 58.9 cm³/mol. The molecular weight excluding hydrogens is 200 g/mol. The zero-order chi connectivity index (χ0) is 10.4. The Hall–Kier alpha value is 0.210. The van der Waals surface area contributed by atoms with Crippen LogP contribution in [-0.4, -0.2) is 30.8 Å². The minimum atomic E-state index is 0.133. The van der Waals surface area contributed by atoms with Crippen molar-refractivity contribution in [3.63, 3.8) is 0 Å². The molecule has 0 aromatic rings. The van der Waals surface area contributed by atoms with Gasteiger partial charge in [-0.25, -0.2) is 0 Å². The summed E-state index contributed by atoms with van der Waals surface area (Å²) in [6.07, 6.45) is 4.67. The van der Waals surface area contributed by atoms with Gasteiger partial charge in [-0.2, -0.15) is 0 Å². The van der Waals surface area contributed by atoms with E-state index in [1.807, 2.05) is 0 Å². The minimum Gasteiger partial charge on any atom is -0.375 e. The lowest BCUT2D eigenvalue weighted by Gasteiger charge is -2.40. The molecule has 0 aromatic carbocycles. The molecule has 2 nitrogen and oxygen atoms in total. The maximum absolute atomic E-state index is 6.05. The highest BCUT2D eigenvalue weighted by atomic mass is 35.5. The lowest BCUT2D eigenvalue weighted by Crippen LogP contribution is -2.51. The molecule has 3 heteroatoms. The zero-order valence-electron chi connectivity index (χ0n) is 9.17. The largest absolute Gasteiger partial charge is 0.375 e. The molecule has 1 rings (SSSR count). The first-order valence-corrected chi connectivity index (χ1v) is 6.10. The molecule has 1 aliphatic carbocycles. The lowest BCUT2D eigenvalue weighted by atomic mass is 9.91. The maximum Gasteiger partial charge on any atom is 0.100 e. The van der Waals surface area contributed by atoms with Gasteiger partial charge in [0, 0.05) is 13.2 Å². The van der Waals surface area contributed by atoms with Crippen LogP contribution in [-0.2, 0) is 9.47 Å². The number of hydrogen-bond donors (Lipinski definition) is 0. The Balaban J connectivity index is 2.12. The topological polar surface area (TPSA) is 18.5 Å². The number of ether oxygens (including phenoxy) is 2. The van der Waals surface area contributed by atoms with Gasteiger partial charge in [-0.05, 0) is 19.3 Å². The molecule has 14 heavy (non-hydrogen) atoms. The predicted octanol–water partition coefficient (Wildman–Crippen LogP) is 2.98. The van der Waals surface area contributed by atoms with Crippen molar-refractivity contribution in [1.82, 2.24) is 0 Å². The van der Waals surface area contributed by atoms with Crippen LogP contribution >= 0.6 is 11.6 Å². The fourth-order valence-corrected chi connectivity index (χ4v) is 1.95. The van der Waals surface area contributed by atoms with E-state index in [-0.39, 0.29) is 17.6 Å². The second-order valence-electron chi connectivity index (χ2n) is 3.85. The average Bonchev–Trinajstić information content (AvgIpc) is 2.17. The number of alkyl halides is 1. The summed E-state index contributed by atoms with van der Waals surface area (Å²) in [5.74, 6) is 0. The Morgan fingerprint density at radius 1 is 1.14 bits per heavy atom. The summed E-state index contributed by atoms with van der Waals surface area (Å²) in [6, 6.07) is 0. The summed E-state index contributed by atoms with van der Waals surface area (Å²) in [6.45, 7) is 5.91. The van der Waals surface area contributed by atoms with Gasteiger partial charge < -0.3 is 9.47 Å². The highest BCUT2D eigenvalue weighted by molar-refractivity contribution is 6.21. The molecule has 0 N–H and O–H groups in total. The molecule has 0 amide bonds. The molecule has 3 unspecified atom stereocenters. The van der Waals surface area contributed by atoms with Crippen molar-refractivity contribution in [2.24, 2.45) is 0 Å². The fraction of sp³-hybridized carbons (Fsp3) is 1.00. The molecule has 1 fully saturated rings. The van der Waals surface area contributed by atoms with Crippen LogP contribution in [0.4, 0.5) is 0 Å². The Kier molecular flexibility index (Phi) is 5.83. The summed E-state index contributed by atoms with van der Waals surface area (Å²) in [5, 5.41) is 0.160. The van der Waals surface area contributed by atoms with Gasteiger partial charge in [0.15, 0.2) is 0 Å². The van der Waals surface area contributed by atoms with Crippen LogP contribution in [0.1, 0.15) is 39.5 Å². The standard InChI is InChI=1S/C11H21ClO2/c1-3-5-7-13-10-8-9(12)11(10)14-6-4-2/h9-11H,3-8H2,1-2H3. The first kappa shape index (κ1) is 12.3. The minimum absolute atomic E-state index is 0.133. The van der Waals surface area contributed by atoms with Gasteiger partial charge in [0.1, 0.15) is 6.10 Å². The van der Waals surface area contributed by atoms with Gasteiger partial charge in [-0.3, -0.25) is 0 Å². The van der Waals surface area contributed by atoms with Crippen LogP contribution in [0.2, 0.25) is 0 Å². The number of rotatable bonds is 7. The van der Waals surface area contributed by atoms with E-state index in [9.17, 15) is 0 Å². The first-order valence-electron chi connectivity index (χ1n) is 5.66. The molecule has 0 aromatic heterocycles. The molecule has 0 saturated heterocycles. The summed E-state index contributed by atoms with van der Waals surface area (Å²) in [7, 11) is 0. The summed E-state index contributed by atoms with van der Waals surface area (Å²) >= 11 is 6.05. The van der Waals surface area contributed by atoms with Crippen molar-refractivity contribution in [3.05, 3.63) is 0 Å². The molecule has 0 aliphatic heterocycles. The summed E-state index contributed by atoms with van der Waals surface area (Å²) in [5.41, 5.74) is 0. The molecular formula is C11H21ClO2. The summed E-state index contributed by atoms with van der Waals surface area (Å²) < 4.78 is 11.3. The first-order chi connectivity index (χ1) is 6.79. The third-order valence-corrected chi connectivity index (χ3v) is 2.95. The van der Waals surface area contributed by atoms with Crippen LogP contribution < -0.4 is 0 Å². The fourth-order valence-electron chi connectivity index (χ4n) is 1.53. The monoisotopic (exact) mass is 220 g/mol. The van der Waals surface area contributed by atoms with Gasteiger partial charge in [-0.1, -0.05) is 20.3 Å². The quantitative estimate of drug-likeness (QED) is 0.485. The Labute approximate surface area is 91.9 Å². The van der Waals surface area contributed by atoms with Crippen LogP contribution in [0.15, 0.2) is 0 Å². The van der Waals surface area contributed by atoms with Crippen LogP contribution in [0, 0.1) is 0 Å². The number of hydrogen-bond acceptors (Lipinski definition) is 2. The third kappa shape index (κ3) is 3.41. The van der Waals surface area contributed by atoms with E-state index in [1.54, 1.807) is 0 Å². The van der Waals surface area contributed by atoms with E-state index in [0.717, 1.165) is 32.5 Å². The third-order valence-electron chi connectivity index (χ3n) is 2.52. The van der Waals surface area contributed by atoms with Crippen LogP contribution in [0.3, 0.4) is 0 Å². The van der Waals surface area contributed by atoms with Gasteiger partial charge >= 0.3 is 0 Å². The SMILES string of the molecule is CCCCOC1CC(Cl)C1OCCC. The van der Waals surface area contributed by atoms with Crippen molar-refractivity contribution in [1.29, 1.82) is 0 Å². The van der Waals surface area contributed by atoms with E-state index in [4.69, 9.17) is 21.1 Å². The highest BCUT2D eigenvalue weighted by Gasteiger charge is 2.41. The Morgan fingerprint density at radius 2 is 1.93 bits per heavy atom. The molecule has 0 spiro atoms. The second-order valence-corrected chi connectivity index (χ2v) is 4.41. The Morgan fingerprint density at radius 3 is 2.50 bits per heavy atom. The van der Waals surface area contributed by atoms with Crippen LogP contribution in [0.5, 0.6) is 0 Å². The van der Waals surface area contributed by atoms with Gasteiger partial charge in [0.05, 0.1) is 11.5 Å². The van der Waals surface area contributed by atoms with E-state index in [0.29, 0.717) is 0 Å². The molecule has 1 aliphatic rings. The van der Waals surface area contributed by atoms with Crippen molar-refractivity contribution in [2.75, 3.05) is 13.2 Å². The second kappa shape index (κ2) is 6.65. The van der Waals surface area contributed by atoms with Crippen molar-refractivity contribution < 1.29 is 9.47 Å². The zero-order valence-corrected chi connectivity index (χ0v) is 9.93. The van der Waals surface area contributed by atoms with E-state index in [1.165, 1.54) is 6.42 Å². The van der Waals surface area contributed by atoms with E-state index in [2.05, 4.69) is 13.8 Å². The van der Waals surface area contributed by atoms with Gasteiger partial charge in [-0.15, -0.1) is 11.6 Å². The van der Waals surface area contributed by atoms with Crippen molar-refractivity contribution in [3.8, 4) is 0 Å². The average molecular weight is 221 g/mol. The maximum atomic E-state index is 6.05. The van der Waals surface area contributed by atoms with E-state index >= 15 is 0 Å². The van der Waals surface area contributed by atoms with Crippen molar-refractivity contribution >= 4 is 11.6 Å². The molecule has 0 heterocycles. The number of unbranched alkanes of at least 4 members (excludes halogenated alkanes) is 1. The number of halogens is 1. The molecule has 1 saturated carbocycles. The van der Waals surface area contributed by atoms with Gasteiger partial charge in [0.2, 0.25) is 0 Å². The lowest BCUT2D eigenvalue weighted by molar-refractivity contribution is -0.124. The normalized spacial score (nSPS) is 31.5. The molecule has 3 atom stereocenters. The smallest absolute Gasteiger partial charge is 0.100 e. The molecule has 0 radical (unpaired) electrons. The molecule has 0 bridgehead atoms. The summed E-state index contributed by atoms with van der Waals surface area (Å²) in [4.78, 5) is 0. The van der Waals surface area contributed by atoms with Crippen molar-refractivity contribution in [2.45, 2.75) is 57.1 Å². The van der Waals surface area contributed by atoms with Gasteiger partial charge in [0.25, 0.3) is 0 Å². The highest BCUT2D eigenvalue weighted by Crippen LogP contribution is 2.32. The van der Waals surface area contributed by atoms with Crippen LogP contribution in [0.25, 0.3) is 0 Å². The molecule has 84 valence electrons.